The number of hydrogen-bond acceptors (Lipinski definition) is 1. The lowest BCUT2D eigenvalue weighted by Crippen LogP contribution is -2.18. The van der Waals surface area contributed by atoms with E-state index in [9.17, 15) is 0 Å². The van der Waals surface area contributed by atoms with Crippen molar-refractivity contribution in [2.75, 3.05) is 7.05 Å². The number of nitrogens with one attached hydrogen (secondary N) is 1. The fourth-order valence-corrected chi connectivity index (χ4v) is 2.35. The van der Waals surface area contributed by atoms with Crippen LogP contribution in [0.15, 0.2) is 54.6 Å². The molecule has 0 aromatic heterocycles. The number of rotatable bonds is 5. The van der Waals surface area contributed by atoms with Crippen molar-refractivity contribution in [3.8, 4) is 0 Å². The van der Waals surface area contributed by atoms with E-state index in [1.54, 1.807) is 0 Å². The summed E-state index contributed by atoms with van der Waals surface area (Å²) in [6.45, 7) is 4.46. The highest BCUT2D eigenvalue weighted by molar-refractivity contribution is 5.27. The van der Waals surface area contributed by atoms with E-state index in [2.05, 4.69) is 73.8 Å². The number of benzene rings is 2. The molecule has 0 spiro atoms. The van der Waals surface area contributed by atoms with Crippen molar-refractivity contribution in [1.29, 1.82) is 0 Å². The number of hydrogen-bond donors (Lipinski definition) is 1. The lowest BCUT2D eigenvalue weighted by Gasteiger charge is -2.17. The average Bonchev–Trinajstić information content (AvgIpc) is 2.46. The molecule has 0 bridgehead atoms. The Balaban J connectivity index is 2.10. The van der Waals surface area contributed by atoms with E-state index in [0.29, 0.717) is 12.0 Å². The summed E-state index contributed by atoms with van der Waals surface area (Å²) >= 11 is 0. The van der Waals surface area contributed by atoms with Gasteiger partial charge in [0, 0.05) is 6.04 Å². The summed E-state index contributed by atoms with van der Waals surface area (Å²) in [5.41, 5.74) is 4.13. The zero-order valence-electron chi connectivity index (χ0n) is 12.1. The van der Waals surface area contributed by atoms with Gasteiger partial charge in [0.15, 0.2) is 0 Å². The van der Waals surface area contributed by atoms with Crippen molar-refractivity contribution >= 4 is 0 Å². The van der Waals surface area contributed by atoms with Crippen molar-refractivity contribution in [2.24, 2.45) is 0 Å². The highest BCUT2D eigenvalue weighted by Crippen LogP contribution is 2.20. The van der Waals surface area contributed by atoms with Gasteiger partial charge in [0.25, 0.3) is 0 Å². The molecular weight excluding hydrogens is 230 g/mol. The minimum absolute atomic E-state index is 0.381. The maximum absolute atomic E-state index is 3.40. The molecule has 2 aromatic carbocycles. The first-order valence-electron chi connectivity index (χ1n) is 7.01. The Hall–Kier alpha value is -1.60. The Bertz CT molecular complexity index is 485. The lowest BCUT2D eigenvalue weighted by molar-refractivity contribution is 0.592. The third-order valence-corrected chi connectivity index (χ3v) is 3.64. The summed E-state index contributed by atoms with van der Waals surface area (Å²) in [6, 6.07) is 20.0. The molecule has 1 N–H and O–H groups in total. The monoisotopic (exact) mass is 253 g/mol. The smallest absolute Gasteiger partial charge is 0.0358 e. The molecule has 0 amide bonds. The van der Waals surface area contributed by atoms with Gasteiger partial charge in [-0.25, -0.2) is 0 Å². The maximum Gasteiger partial charge on any atom is 0.0358 e. The Kier molecular flexibility index (Phi) is 4.75. The van der Waals surface area contributed by atoms with Gasteiger partial charge in [-0.1, -0.05) is 68.4 Å². The van der Waals surface area contributed by atoms with E-state index in [1.807, 2.05) is 7.05 Å². The molecule has 19 heavy (non-hydrogen) atoms. The van der Waals surface area contributed by atoms with Crippen LogP contribution in [0, 0.1) is 0 Å². The van der Waals surface area contributed by atoms with Gasteiger partial charge >= 0.3 is 0 Å². The topological polar surface area (TPSA) is 12.0 Å². The fourth-order valence-electron chi connectivity index (χ4n) is 2.35. The van der Waals surface area contributed by atoms with Gasteiger partial charge in [0.05, 0.1) is 0 Å². The molecule has 0 fully saturated rings. The molecule has 0 saturated carbocycles. The molecule has 1 heteroatoms. The Morgan fingerprint density at radius 1 is 0.842 bits per heavy atom. The average molecular weight is 253 g/mol. The molecule has 2 aromatic rings. The third kappa shape index (κ3) is 3.68. The van der Waals surface area contributed by atoms with Gasteiger partial charge in [-0.15, -0.1) is 0 Å². The van der Waals surface area contributed by atoms with E-state index in [4.69, 9.17) is 0 Å². The maximum atomic E-state index is 3.40. The van der Waals surface area contributed by atoms with Gasteiger partial charge in [0.1, 0.15) is 0 Å². The predicted molar refractivity (Wildman–Crippen MR) is 82.5 cm³/mol. The second-order valence-corrected chi connectivity index (χ2v) is 5.35. The third-order valence-electron chi connectivity index (χ3n) is 3.64. The van der Waals surface area contributed by atoms with Crippen molar-refractivity contribution in [3.05, 3.63) is 71.3 Å². The van der Waals surface area contributed by atoms with Gasteiger partial charge < -0.3 is 5.32 Å². The van der Waals surface area contributed by atoms with Crippen molar-refractivity contribution in [2.45, 2.75) is 32.2 Å². The van der Waals surface area contributed by atoms with Crippen LogP contribution in [0.2, 0.25) is 0 Å². The standard InChI is InChI=1S/C18H23N/c1-14(2)16-11-9-15(10-12-16)13-18(19-3)17-7-5-4-6-8-17/h4-12,14,18-19H,13H2,1-3H3. The molecule has 0 radical (unpaired) electrons. The SMILES string of the molecule is CNC(Cc1ccc(C(C)C)cc1)c1ccccc1. The highest BCUT2D eigenvalue weighted by atomic mass is 14.9. The minimum Gasteiger partial charge on any atom is -0.313 e. The second-order valence-electron chi connectivity index (χ2n) is 5.35. The van der Waals surface area contributed by atoms with E-state index in [1.165, 1.54) is 16.7 Å². The Morgan fingerprint density at radius 3 is 2.00 bits per heavy atom. The van der Waals surface area contributed by atoms with Gasteiger partial charge in [-0.3, -0.25) is 0 Å². The summed E-state index contributed by atoms with van der Waals surface area (Å²) < 4.78 is 0. The van der Waals surface area contributed by atoms with Crippen LogP contribution in [0.25, 0.3) is 0 Å². The first-order chi connectivity index (χ1) is 9.20. The van der Waals surface area contributed by atoms with E-state index < -0.39 is 0 Å². The first kappa shape index (κ1) is 13.8. The molecule has 1 atom stereocenters. The van der Waals surface area contributed by atoms with Crippen LogP contribution in [-0.4, -0.2) is 7.05 Å². The van der Waals surface area contributed by atoms with Crippen molar-refractivity contribution in [3.63, 3.8) is 0 Å². The second kappa shape index (κ2) is 6.53. The molecule has 0 aliphatic heterocycles. The van der Waals surface area contributed by atoms with Crippen molar-refractivity contribution in [1.82, 2.24) is 5.32 Å². The fraction of sp³-hybridized carbons (Fsp3) is 0.333. The van der Waals surface area contributed by atoms with Crippen molar-refractivity contribution < 1.29 is 0 Å². The largest absolute Gasteiger partial charge is 0.313 e. The van der Waals surface area contributed by atoms with Crippen LogP contribution >= 0.6 is 0 Å². The molecule has 0 saturated heterocycles. The Morgan fingerprint density at radius 2 is 1.47 bits per heavy atom. The number of likely N-dealkylation sites (N-methyl/N-ethyl adjacent to an activating group) is 1. The first-order valence-corrected chi connectivity index (χ1v) is 7.01. The van der Waals surface area contributed by atoms with Gasteiger partial charge in [-0.05, 0) is 36.1 Å². The van der Waals surface area contributed by atoms with E-state index in [-0.39, 0.29) is 0 Å². The van der Waals surface area contributed by atoms with Crippen LogP contribution in [0.3, 0.4) is 0 Å². The van der Waals surface area contributed by atoms with Crippen LogP contribution in [-0.2, 0) is 6.42 Å². The molecule has 0 aliphatic rings. The highest BCUT2D eigenvalue weighted by Gasteiger charge is 2.09. The molecule has 1 unspecified atom stereocenters. The van der Waals surface area contributed by atoms with Gasteiger partial charge in [0.2, 0.25) is 0 Å². The summed E-state index contributed by atoms with van der Waals surface area (Å²) in [5.74, 6) is 0.600. The summed E-state index contributed by atoms with van der Waals surface area (Å²) in [6.07, 6.45) is 1.03. The molecule has 2 rings (SSSR count). The van der Waals surface area contributed by atoms with Crippen LogP contribution in [0.5, 0.6) is 0 Å². The van der Waals surface area contributed by atoms with Crippen LogP contribution in [0.4, 0.5) is 0 Å². The summed E-state index contributed by atoms with van der Waals surface area (Å²) in [7, 11) is 2.03. The summed E-state index contributed by atoms with van der Waals surface area (Å²) in [4.78, 5) is 0. The van der Waals surface area contributed by atoms with Gasteiger partial charge in [-0.2, -0.15) is 0 Å². The molecule has 0 heterocycles. The molecular formula is C18H23N. The minimum atomic E-state index is 0.381. The molecule has 0 aliphatic carbocycles. The molecule has 100 valence electrons. The Labute approximate surface area is 116 Å². The van der Waals surface area contributed by atoms with E-state index in [0.717, 1.165) is 6.42 Å². The predicted octanol–water partition coefficient (Wildman–Crippen LogP) is 4.31. The quantitative estimate of drug-likeness (QED) is 0.837. The lowest BCUT2D eigenvalue weighted by atomic mass is 9.96. The zero-order valence-corrected chi connectivity index (χ0v) is 12.1. The normalized spacial score (nSPS) is 12.6. The van der Waals surface area contributed by atoms with E-state index >= 15 is 0 Å². The van der Waals surface area contributed by atoms with Crippen LogP contribution in [0.1, 0.15) is 42.5 Å². The summed E-state index contributed by atoms with van der Waals surface area (Å²) in [5, 5.41) is 3.40. The molecule has 1 nitrogen and oxygen atoms in total. The van der Waals surface area contributed by atoms with Crippen LogP contribution < -0.4 is 5.32 Å². The zero-order chi connectivity index (χ0) is 13.7.